The number of hydrogen-bond donors (Lipinski definition) is 0. The predicted octanol–water partition coefficient (Wildman–Crippen LogP) is 0.487. The Balaban J connectivity index is 1.36. The molecule has 0 spiro atoms. The quantitative estimate of drug-likeness (QED) is 0.786. The van der Waals surface area contributed by atoms with Crippen LogP contribution in [0.5, 0.6) is 5.88 Å². The number of carbonyl (C=O) groups excluding carboxylic acids is 1. The minimum Gasteiger partial charge on any atom is -0.475 e. The van der Waals surface area contributed by atoms with E-state index in [0.717, 1.165) is 57.9 Å². The molecule has 2 aliphatic rings. The first-order valence-electron chi connectivity index (χ1n) is 8.28. The summed E-state index contributed by atoms with van der Waals surface area (Å²) in [6.07, 6.45) is 1.66. The average molecular weight is 320 g/mol. The van der Waals surface area contributed by atoms with E-state index < -0.39 is 0 Å². The number of nitrogens with zero attached hydrogens (tertiary/aromatic N) is 4. The molecule has 3 heterocycles. The van der Waals surface area contributed by atoms with Gasteiger partial charge in [-0.3, -0.25) is 9.69 Å². The molecular weight excluding hydrogens is 296 g/mol. The van der Waals surface area contributed by atoms with Crippen molar-refractivity contribution in [1.29, 1.82) is 0 Å². The molecule has 1 unspecified atom stereocenters. The molecule has 2 fully saturated rings. The highest BCUT2D eigenvalue weighted by Gasteiger charge is 2.30. The van der Waals surface area contributed by atoms with Gasteiger partial charge in [-0.25, -0.2) is 0 Å². The smallest absolute Gasteiger partial charge is 0.251 e. The van der Waals surface area contributed by atoms with E-state index in [0.29, 0.717) is 12.5 Å². The van der Waals surface area contributed by atoms with E-state index in [1.807, 2.05) is 24.0 Å². The molecular formula is C16H24N4O3. The standard InChI is InChI=1S/C16H24N4O3/c1-13-4-5-15(18-17-13)23-12-10-19-6-8-20(9-7-19)16(21)14-3-2-11-22-14/h4-5,14H,2-3,6-12H2,1H3. The maximum atomic E-state index is 12.3. The van der Waals surface area contributed by atoms with Crippen LogP contribution in [0.4, 0.5) is 0 Å². The summed E-state index contributed by atoms with van der Waals surface area (Å²) in [4.78, 5) is 16.5. The summed E-state index contributed by atoms with van der Waals surface area (Å²) in [5, 5.41) is 7.95. The van der Waals surface area contributed by atoms with Crippen molar-refractivity contribution in [2.75, 3.05) is 45.9 Å². The fourth-order valence-corrected chi connectivity index (χ4v) is 2.91. The number of hydrogen-bond acceptors (Lipinski definition) is 6. The Labute approximate surface area is 136 Å². The van der Waals surface area contributed by atoms with E-state index >= 15 is 0 Å². The van der Waals surface area contributed by atoms with Crippen molar-refractivity contribution in [2.45, 2.75) is 25.9 Å². The molecule has 2 aliphatic heterocycles. The average Bonchev–Trinajstić information content (AvgIpc) is 3.11. The molecule has 1 amide bonds. The number of aromatic nitrogens is 2. The number of aryl methyl sites for hydroxylation is 1. The van der Waals surface area contributed by atoms with Gasteiger partial charge >= 0.3 is 0 Å². The van der Waals surface area contributed by atoms with Gasteiger partial charge in [-0.15, -0.1) is 5.10 Å². The molecule has 0 aromatic carbocycles. The first kappa shape index (κ1) is 16.1. The maximum Gasteiger partial charge on any atom is 0.251 e. The number of carbonyl (C=O) groups is 1. The van der Waals surface area contributed by atoms with Crippen molar-refractivity contribution >= 4 is 5.91 Å². The highest BCUT2D eigenvalue weighted by atomic mass is 16.5. The summed E-state index contributed by atoms with van der Waals surface area (Å²) in [7, 11) is 0. The second-order valence-electron chi connectivity index (χ2n) is 6.03. The predicted molar refractivity (Wildman–Crippen MR) is 84.3 cm³/mol. The van der Waals surface area contributed by atoms with Gasteiger partial charge in [-0.2, -0.15) is 5.10 Å². The SMILES string of the molecule is Cc1ccc(OCCN2CCN(C(=O)C3CCCO3)CC2)nn1. The summed E-state index contributed by atoms with van der Waals surface area (Å²) in [6.45, 7) is 7.31. The molecule has 7 heteroatoms. The molecule has 0 aliphatic carbocycles. The lowest BCUT2D eigenvalue weighted by Gasteiger charge is -2.35. The molecule has 3 rings (SSSR count). The molecule has 23 heavy (non-hydrogen) atoms. The van der Waals surface area contributed by atoms with Gasteiger partial charge in [-0.05, 0) is 25.8 Å². The Kier molecular flexibility index (Phi) is 5.40. The van der Waals surface area contributed by atoms with Crippen molar-refractivity contribution in [3.8, 4) is 5.88 Å². The number of ether oxygens (including phenoxy) is 2. The zero-order chi connectivity index (χ0) is 16.1. The van der Waals surface area contributed by atoms with Gasteiger partial charge in [0.25, 0.3) is 5.91 Å². The van der Waals surface area contributed by atoms with Crippen LogP contribution < -0.4 is 4.74 Å². The van der Waals surface area contributed by atoms with Crippen LogP contribution in [0.1, 0.15) is 18.5 Å². The molecule has 1 atom stereocenters. The Bertz CT molecular complexity index is 509. The zero-order valence-electron chi connectivity index (χ0n) is 13.6. The lowest BCUT2D eigenvalue weighted by Crippen LogP contribution is -2.52. The van der Waals surface area contributed by atoms with Crippen LogP contribution in [-0.2, 0) is 9.53 Å². The van der Waals surface area contributed by atoms with Crippen LogP contribution in [0.25, 0.3) is 0 Å². The van der Waals surface area contributed by atoms with Crippen LogP contribution in [0.3, 0.4) is 0 Å². The summed E-state index contributed by atoms with van der Waals surface area (Å²) in [5.74, 6) is 0.719. The van der Waals surface area contributed by atoms with Crippen LogP contribution in [0, 0.1) is 6.92 Å². The minimum atomic E-state index is -0.204. The lowest BCUT2D eigenvalue weighted by atomic mass is 10.2. The zero-order valence-corrected chi connectivity index (χ0v) is 13.6. The van der Waals surface area contributed by atoms with Crippen molar-refractivity contribution < 1.29 is 14.3 Å². The molecule has 0 saturated carbocycles. The normalized spacial score (nSPS) is 22.3. The second-order valence-corrected chi connectivity index (χ2v) is 6.03. The second kappa shape index (κ2) is 7.70. The Morgan fingerprint density at radius 3 is 2.78 bits per heavy atom. The monoisotopic (exact) mass is 320 g/mol. The van der Waals surface area contributed by atoms with Crippen LogP contribution in [-0.4, -0.2) is 77.9 Å². The third kappa shape index (κ3) is 4.39. The summed E-state index contributed by atoms with van der Waals surface area (Å²) in [6, 6.07) is 3.72. The Morgan fingerprint density at radius 2 is 2.13 bits per heavy atom. The molecule has 0 radical (unpaired) electrons. The Hall–Kier alpha value is -1.73. The van der Waals surface area contributed by atoms with Crippen molar-refractivity contribution in [1.82, 2.24) is 20.0 Å². The molecule has 126 valence electrons. The molecule has 0 bridgehead atoms. The Morgan fingerprint density at radius 1 is 1.30 bits per heavy atom. The summed E-state index contributed by atoms with van der Waals surface area (Å²) >= 11 is 0. The van der Waals surface area contributed by atoms with Crippen molar-refractivity contribution in [3.63, 3.8) is 0 Å². The third-order valence-corrected chi connectivity index (χ3v) is 4.32. The number of rotatable bonds is 5. The largest absolute Gasteiger partial charge is 0.475 e. The fraction of sp³-hybridized carbons (Fsp3) is 0.688. The molecule has 7 nitrogen and oxygen atoms in total. The van der Waals surface area contributed by atoms with E-state index in [1.54, 1.807) is 0 Å². The van der Waals surface area contributed by atoms with Crippen LogP contribution in [0.15, 0.2) is 12.1 Å². The van der Waals surface area contributed by atoms with E-state index in [1.165, 1.54) is 0 Å². The van der Waals surface area contributed by atoms with Gasteiger partial charge in [-0.1, -0.05) is 0 Å². The molecule has 1 aromatic heterocycles. The molecule has 0 N–H and O–H groups in total. The van der Waals surface area contributed by atoms with Gasteiger partial charge in [0.05, 0.1) is 5.69 Å². The van der Waals surface area contributed by atoms with Gasteiger partial charge in [0.15, 0.2) is 0 Å². The lowest BCUT2D eigenvalue weighted by molar-refractivity contribution is -0.142. The van der Waals surface area contributed by atoms with E-state index in [4.69, 9.17) is 9.47 Å². The first-order chi connectivity index (χ1) is 11.2. The summed E-state index contributed by atoms with van der Waals surface area (Å²) in [5.41, 5.74) is 0.879. The highest BCUT2D eigenvalue weighted by molar-refractivity contribution is 5.81. The van der Waals surface area contributed by atoms with Crippen molar-refractivity contribution in [2.24, 2.45) is 0 Å². The molecule has 1 aromatic rings. The summed E-state index contributed by atoms with van der Waals surface area (Å²) < 4.78 is 11.1. The third-order valence-electron chi connectivity index (χ3n) is 4.32. The van der Waals surface area contributed by atoms with E-state index in [2.05, 4.69) is 15.1 Å². The fourth-order valence-electron chi connectivity index (χ4n) is 2.91. The van der Waals surface area contributed by atoms with E-state index in [9.17, 15) is 4.79 Å². The van der Waals surface area contributed by atoms with Gasteiger partial charge in [0, 0.05) is 45.4 Å². The maximum absolute atomic E-state index is 12.3. The highest BCUT2D eigenvalue weighted by Crippen LogP contribution is 2.16. The topological polar surface area (TPSA) is 67.8 Å². The van der Waals surface area contributed by atoms with Crippen LogP contribution in [0.2, 0.25) is 0 Å². The first-order valence-corrected chi connectivity index (χ1v) is 8.28. The van der Waals surface area contributed by atoms with Gasteiger partial charge in [0.2, 0.25) is 5.88 Å². The number of piperazine rings is 1. The molecule has 2 saturated heterocycles. The minimum absolute atomic E-state index is 0.160. The van der Waals surface area contributed by atoms with Crippen LogP contribution >= 0.6 is 0 Å². The van der Waals surface area contributed by atoms with Gasteiger partial charge in [0.1, 0.15) is 12.7 Å². The van der Waals surface area contributed by atoms with Crippen molar-refractivity contribution in [3.05, 3.63) is 17.8 Å². The van der Waals surface area contributed by atoms with Gasteiger partial charge < -0.3 is 14.4 Å². The van der Waals surface area contributed by atoms with E-state index in [-0.39, 0.29) is 12.0 Å². The number of amides is 1.